The maximum absolute atomic E-state index is 10.3. The SMILES string of the molecule is O=COc1ccc(CS(=O)O)s1. The van der Waals surface area contributed by atoms with Gasteiger partial charge in [-0.25, -0.2) is 4.21 Å². The predicted octanol–water partition coefficient (Wildman–Crippen LogP) is 1.00. The molecule has 0 amide bonds. The molecule has 4 nitrogen and oxygen atoms in total. The molecule has 1 aromatic rings. The van der Waals surface area contributed by atoms with Gasteiger partial charge in [-0.05, 0) is 12.1 Å². The molecule has 1 rings (SSSR count). The summed E-state index contributed by atoms with van der Waals surface area (Å²) in [4.78, 5) is 10.6. The summed E-state index contributed by atoms with van der Waals surface area (Å²) in [5, 5.41) is 0.436. The van der Waals surface area contributed by atoms with E-state index in [9.17, 15) is 9.00 Å². The van der Waals surface area contributed by atoms with E-state index >= 15 is 0 Å². The van der Waals surface area contributed by atoms with Crippen LogP contribution in [0.5, 0.6) is 5.06 Å². The molecule has 0 aliphatic carbocycles. The van der Waals surface area contributed by atoms with Crippen LogP contribution in [0.3, 0.4) is 0 Å². The Hall–Kier alpha value is -0.720. The van der Waals surface area contributed by atoms with E-state index < -0.39 is 11.1 Å². The third-order valence-electron chi connectivity index (χ3n) is 1.07. The van der Waals surface area contributed by atoms with Crippen molar-refractivity contribution in [1.29, 1.82) is 0 Å². The van der Waals surface area contributed by atoms with Crippen molar-refractivity contribution in [3.05, 3.63) is 17.0 Å². The van der Waals surface area contributed by atoms with Crippen molar-refractivity contribution in [1.82, 2.24) is 0 Å². The quantitative estimate of drug-likeness (QED) is 0.589. The van der Waals surface area contributed by atoms with Gasteiger partial charge in [0.1, 0.15) is 0 Å². The third kappa shape index (κ3) is 2.72. The molecule has 1 atom stereocenters. The summed E-state index contributed by atoms with van der Waals surface area (Å²) in [5.41, 5.74) is 0. The molecule has 0 spiro atoms. The molecule has 0 fully saturated rings. The van der Waals surface area contributed by atoms with Crippen LogP contribution in [0, 0.1) is 0 Å². The molecule has 0 aromatic carbocycles. The van der Waals surface area contributed by atoms with Gasteiger partial charge in [-0.3, -0.25) is 4.79 Å². The lowest BCUT2D eigenvalue weighted by Gasteiger charge is -1.89. The van der Waals surface area contributed by atoms with Crippen LogP contribution < -0.4 is 4.74 Å². The van der Waals surface area contributed by atoms with Gasteiger partial charge >= 0.3 is 0 Å². The number of hydrogen-bond acceptors (Lipinski definition) is 4. The van der Waals surface area contributed by atoms with Crippen LogP contribution >= 0.6 is 11.3 Å². The Labute approximate surface area is 75.5 Å². The molecule has 0 aliphatic rings. The molecule has 1 aromatic heterocycles. The van der Waals surface area contributed by atoms with Gasteiger partial charge in [-0.15, -0.1) is 11.3 Å². The molecule has 0 saturated heterocycles. The lowest BCUT2D eigenvalue weighted by Crippen LogP contribution is -1.88. The van der Waals surface area contributed by atoms with Gasteiger partial charge in [0, 0.05) is 4.88 Å². The van der Waals surface area contributed by atoms with Crippen molar-refractivity contribution in [2.75, 3.05) is 0 Å². The maximum atomic E-state index is 10.3. The Morgan fingerprint density at radius 3 is 3.00 bits per heavy atom. The summed E-state index contributed by atoms with van der Waals surface area (Å²) in [7, 11) is 0. The first-order valence-corrected chi connectivity index (χ1v) is 5.08. The molecular weight excluding hydrogens is 200 g/mol. The topological polar surface area (TPSA) is 63.6 Å². The highest BCUT2D eigenvalue weighted by Crippen LogP contribution is 2.24. The fourth-order valence-corrected chi connectivity index (χ4v) is 2.16. The Kier molecular flexibility index (Phi) is 3.39. The molecule has 0 radical (unpaired) electrons. The highest BCUT2D eigenvalue weighted by Gasteiger charge is 2.02. The van der Waals surface area contributed by atoms with Crippen molar-refractivity contribution in [2.45, 2.75) is 5.75 Å². The number of thiophene rings is 1. The van der Waals surface area contributed by atoms with Crippen LogP contribution in [0.15, 0.2) is 12.1 Å². The van der Waals surface area contributed by atoms with Crippen LogP contribution in [0.4, 0.5) is 0 Å². The van der Waals surface area contributed by atoms with Gasteiger partial charge in [0.25, 0.3) is 6.47 Å². The molecule has 6 heteroatoms. The van der Waals surface area contributed by atoms with E-state index in [1.54, 1.807) is 12.1 Å². The summed E-state index contributed by atoms with van der Waals surface area (Å²) >= 11 is -0.661. The van der Waals surface area contributed by atoms with Crippen LogP contribution in [0.1, 0.15) is 4.88 Å². The van der Waals surface area contributed by atoms with E-state index in [1.807, 2.05) is 0 Å². The van der Waals surface area contributed by atoms with Crippen LogP contribution in [-0.4, -0.2) is 15.2 Å². The van der Waals surface area contributed by atoms with Gasteiger partial charge in [0.15, 0.2) is 16.1 Å². The lowest BCUT2D eigenvalue weighted by atomic mass is 10.5. The Bertz CT molecular complexity index is 293. The molecule has 1 N–H and O–H groups in total. The zero-order valence-corrected chi connectivity index (χ0v) is 7.56. The third-order valence-corrected chi connectivity index (χ3v) is 2.78. The van der Waals surface area contributed by atoms with Gasteiger partial charge in [0.05, 0.1) is 5.75 Å². The average molecular weight is 206 g/mol. The molecule has 0 bridgehead atoms. The molecule has 0 saturated carbocycles. The zero-order chi connectivity index (χ0) is 8.97. The van der Waals surface area contributed by atoms with E-state index in [4.69, 9.17) is 4.55 Å². The Morgan fingerprint density at radius 2 is 2.42 bits per heavy atom. The Balaban J connectivity index is 2.63. The van der Waals surface area contributed by atoms with E-state index in [-0.39, 0.29) is 5.75 Å². The van der Waals surface area contributed by atoms with Gasteiger partial charge < -0.3 is 9.29 Å². The highest BCUT2D eigenvalue weighted by molar-refractivity contribution is 7.78. The first kappa shape index (κ1) is 9.37. The van der Waals surface area contributed by atoms with E-state index in [0.717, 1.165) is 0 Å². The fourth-order valence-electron chi connectivity index (χ4n) is 0.668. The van der Waals surface area contributed by atoms with Gasteiger partial charge in [-0.1, -0.05) is 0 Å². The highest BCUT2D eigenvalue weighted by atomic mass is 32.2. The summed E-state index contributed by atoms with van der Waals surface area (Å²) in [6, 6.07) is 3.24. The number of ether oxygens (including phenoxy) is 1. The second kappa shape index (κ2) is 4.34. The van der Waals surface area contributed by atoms with Crippen molar-refractivity contribution in [3.8, 4) is 5.06 Å². The van der Waals surface area contributed by atoms with E-state index in [1.165, 1.54) is 11.3 Å². The number of carbonyl (C=O) groups is 1. The van der Waals surface area contributed by atoms with Crippen molar-refractivity contribution < 1.29 is 18.3 Å². The van der Waals surface area contributed by atoms with E-state index in [0.29, 0.717) is 16.4 Å². The largest absolute Gasteiger partial charge is 0.418 e. The normalized spacial score (nSPS) is 12.4. The second-order valence-electron chi connectivity index (χ2n) is 1.90. The molecule has 0 aliphatic heterocycles. The monoisotopic (exact) mass is 206 g/mol. The minimum atomic E-state index is -1.84. The lowest BCUT2D eigenvalue weighted by molar-refractivity contribution is -0.120. The number of carbonyl (C=O) groups excluding carboxylic acids is 1. The number of rotatable bonds is 4. The van der Waals surface area contributed by atoms with Crippen molar-refractivity contribution in [3.63, 3.8) is 0 Å². The second-order valence-corrected chi connectivity index (χ2v) is 3.96. The van der Waals surface area contributed by atoms with Crippen LogP contribution in [-0.2, 0) is 21.6 Å². The standard InChI is InChI=1S/C6H6O4S2/c7-4-10-6-2-1-5(11-6)3-12(8)9/h1-2,4H,3H2,(H,8,9). The van der Waals surface area contributed by atoms with E-state index in [2.05, 4.69) is 4.74 Å². The summed E-state index contributed by atoms with van der Waals surface area (Å²) in [5.74, 6) is 0.0763. The Morgan fingerprint density at radius 1 is 1.67 bits per heavy atom. The minimum absolute atomic E-state index is 0.0763. The molecule has 66 valence electrons. The molecular formula is C6H6O4S2. The molecule has 12 heavy (non-hydrogen) atoms. The van der Waals surface area contributed by atoms with Crippen molar-refractivity contribution >= 4 is 28.9 Å². The summed E-state index contributed by atoms with van der Waals surface area (Å²) in [6.07, 6.45) is 0. The van der Waals surface area contributed by atoms with Crippen molar-refractivity contribution in [2.24, 2.45) is 0 Å². The zero-order valence-electron chi connectivity index (χ0n) is 5.93. The van der Waals surface area contributed by atoms with Gasteiger partial charge in [-0.2, -0.15) is 0 Å². The smallest absolute Gasteiger partial charge is 0.299 e. The van der Waals surface area contributed by atoms with Crippen LogP contribution in [0.2, 0.25) is 0 Å². The summed E-state index contributed by atoms with van der Waals surface area (Å²) in [6.45, 7) is 0.325. The van der Waals surface area contributed by atoms with Gasteiger partial charge in [0.2, 0.25) is 0 Å². The molecule has 1 unspecified atom stereocenters. The fraction of sp³-hybridized carbons (Fsp3) is 0.167. The maximum Gasteiger partial charge on any atom is 0.299 e. The summed E-state index contributed by atoms with van der Waals surface area (Å²) < 4.78 is 23.4. The molecule has 1 heterocycles. The first-order chi connectivity index (χ1) is 5.72. The first-order valence-electron chi connectivity index (χ1n) is 2.99. The average Bonchev–Trinajstić information content (AvgIpc) is 2.36. The minimum Gasteiger partial charge on any atom is -0.418 e. The number of hydrogen-bond donors (Lipinski definition) is 1. The predicted molar refractivity (Wildman–Crippen MR) is 45.5 cm³/mol. The van der Waals surface area contributed by atoms with Crippen LogP contribution in [0.25, 0.3) is 0 Å².